The highest BCUT2D eigenvalue weighted by Gasteiger charge is 2.37. The summed E-state index contributed by atoms with van der Waals surface area (Å²) in [6.45, 7) is 11.4. The number of hydrogen-bond donors (Lipinski definition) is 0. The Morgan fingerprint density at radius 3 is 2.08 bits per heavy atom. The molecule has 0 heterocycles. The predicted molar refractivity (Wildman–Crippen MR) is 106 cm³/mol. The van der Waals surface area contributed by atoms with Gasteiger partial charge in [-0.05, 0) is 46.8 Å². The highest BCUT2D eigenvalue weighted by Crippen LogP contribution is 2.41. The summed E-state index contributed by atoms with van der Waals surface area (Å²) in [5.41, 5.74) is 1.23. The Morgan fingerprint density at radius 1 is 1.12 bits per heavy atom. The molecule has 0 aliphatic heterocycles. The van der Waals surface area contributed by atoms with E-state index >= 15 is 0 Å². The predicted octanol–water partition coefficient (Wildman–Crippen LogP) is 4.62. The maximum absolute atomic E-state index is 12.1. The van der Waals surface area contributed by atoms with E-state index in [0.717, 1.165) is 9.13 Å². The van der Waals surface area contributed by atoms with E-state index in [4.69, 9.17) is 18.6 Å². The van der Waals surface area contributed by atoms with Crippen LogP contribution >= 0.6 is 22.6 Å². The van der Waals surface area contributed by atoms with E-state index in [2.05, 4.69) is 56.5 Å². The molecular formula is C17H27IO5Si. The number of ether oxygens (including phenoxy) is 3. The maximum Gasteiger partial charge on any atom is 0.342 e. The van der Waals surface area contributed by atoms with Gasteiger partial charge in [-0.2, -0.15) is 0 Å². The van der Waals surface area contributed by atoms with Gasteiger partial charge < -0.3 is 18.6 Å². The molecule has 0 bridgehead atoms. The molecule has 0 saturated carbocycles. The Bertz CT molecular complexity index is 608. The molecule has 7 heteroatoms. The van der Waals surface area contributed by atoms with Crippen LogP contribution in [0, 0.1) is 3.57 Å². The molecule has 1 aromatic rings. The van der Waals surface area contributed by atoms with E-state index in [0.29, 0.717) is 23.7 Å². The van der Waals surface area contributed by atoms with E-state index in [9.17, 15) is 4.79 Å². The molecule has 0 spiro atoms. The summed E-state index contributed by atoms with van der Waals surface area (Å²) in [5, 5.41) is 0.115. The summed E-state index contributed by atoms with van der Waals surface area (Å²) >= 11 is 2.10. The molecule has 0 amide bonds. The number of methoxy groups -OCH3 is 3. The van der Waals surface area contributed by atoms with E-state index in [1.807, 2.05) is 6.07 Å². The largest absolute Gasteiger partial charge is 0.492 e. The molecule has 136 valence electrons. The van der Waals surface area contributed by atoms with Gasteiger partial charge in [-0.25, -0.2) is 4.79 Å². The zero-order chi connectivity index (χ0) is 18.7. The van der Waals surface area contributed by atoms with Gasteiger partial charge in [0.1, 0.15) is 5.56 Å². The van der Waals surface area contributed by atoms with Gasteiger partial charge in [-0.15, -0.1) is 0 Å². The van der Waals surface area contributed by atoms with Crippen molar-refractivity contribution in [2.45, 2.75) is 45.5 Å². The zero-order valence-corrected chi connectivity index (χ0v) is 18.9. The molecule has 0 fully saturated rings. The number of hydrogen-bond acceptors (Lipinski definition) is 5. The van der Waals surface area contributed by atoms with E-state index in [1.54, 1.807) is 7.11 Å². The molecule has 0 aliphatic rings. The Morgan fingerprint density at radius 2 is 1.67 bits per heavy atom. The van der Waals surface area contributed by atoms with Crippen LogP contribution in [0.1, 0.15) is 36.7 Å². The average Bonchev–Trinajstić information content (AvgIpc) is 2.50. The van der Waals surface area contributed by atoms with Crippen LogP contribution in [0.15, 0.2) is 6.07 Å². The first-order valence-corrected chi connectivity index (χ1v) is 11.6. The third-order valence-corrected chi connectivity index (χ3v) is 9.79. The van der Waals surface area contributed by atoms with Crippen molar-refractivity contribution in [3.63, 3.8) is 0 Å². The van der Waals surface area contributed by atoms with Gasteiger partial charge in [0.05, 0.1) is 27.9 Å². The Hall–Kier alpha value is -0.803. The number of rotatable bonds is 6. The van der Waals surface area contributed by atoms with Crippen molar-refractivity contribution in [3.05, 3.63) is 20.8 Å². The molecule has 0 radical (unpaired) electrons. The zero-order valence-electron chi connectivity index (χ0n) is 15.7. The lowest BCUT2D eigenvalue weighted by molar-refractivity contribution is 0.0595. The number of halogens is 1. The molecule has 1 rings (SSSR count). The fraction of sp³-hybridized carbons (Fsp3) is 0.588. The standard InChI is InChI=1S/C17H27IO5Si/c1-17(2,3)24(7,8)23-10-11-9-12(18)13(16(19)22-6)15(21-5)14(11)20-4/h9H,10H2,1-8H3. The van der Waals surface area contributed by atoms with Crippen molar-refractivity contribution in [1.82, 2.24) is 0 Å². The SMILES string of the molecule is COC(=O)c1c(I)cc(CO[Si](C)(C)C(C)(C)C)c(OC)c1OC. The van der Waals surface area contributed by atoms with E-state index in [-0.39, 0.29) is 5.04 Å². The fourth-order valence-electron chi connectivity index (χ4n) is 1.95. The molecule has 0 N–H and O–H groups in total. The lowest BCUT2D eigenvalue weighted by atomic mass is 10.1. The summed E-state index contributed by atoms with van der Waals surface area (Å²) in [5.74, 6) is 0.438. The van der Waals surface area contributed by atoms with E-state index < -0.39 is 14.3 Å². The smallest absolute Gasteiger partial charge is 0.342 e. The summed E-state index contributed by atoms with van der Waals surface area (Å²) < 4.78 is 22.8. The number of carbonyl (C=O) groups is 1. The molecule has 5 nitrogen and oxygen atoms in total. The van der Waals surface area contributed by atoms with Crippen molar-refractivity contribution < 1.29 is 23.4 Å². The first-order chi connectivity index (χ1) is 11.0. The van der Waals surface area contributed by atoms with Crippen LogP contribution in [0.2, 0.25) is 18.1 Å². The van der Waals surface area contributed by atoms with Crippen molar-refractivity contribution in [3.8, 4) is 11.5 Å². The minimum absolute atomic E-state index is 0.115. The second-order valence-corrected chi connectivity index (χ2v) is 13.0. The number of esters is 1. The second-order valence-electron chi connectivity index (χ2n) is 7.00. The minimum Gasteiger partial charge on any atom is -0.492 e. The van der Waals surface area contributed by atoms with Gasteiger partial charge in [-0.3, -0.25) is 0 Å². The van der Waals surface area contributed by atoms with Gasteiger partial charge in [0.2, 0.25) is 0 Å². The third kappa shape index (κ3) is 4.43. The second kappa shape index (κ2) is 8.05. The number of benzene rings is 1. The van der Waals surface area contributed by atoms with Gasteiger partial charge in [0.15, 0.2) is 19.8 Å². The van der Waals surface area contributed by atoms with Crippen LogP contribution in [0.3, 0.4) is 0 Å². The average molecular weight is 466 g/mol. The molecule has 0 saturated heterocycles. The molecule has 0 aromatic heterocycles. The van der Waals surface area contributed by atoms with Gasteiger partial charge in [-0.1, -0.05) is 20.8 Å². The van der Waals surface area contributed by atoms with Crippen LogP contribution in [-0.4, -0.2) is 35.6 Å². The quantitative estimate of drug-likeness (QED) is 0.348. The molecule has 24 heavy (non-hydrogen) atoms. The van der Waals surface area contributed by atoms with Crippen molar-refractivity contribution in [2.24, 2.45) is 0 Å². The summed E-state index contributed by atoms with van der Waals surface area (Å²) in [6.07, 6.45) is 0. The Balaban J connectivity index is 3.31. The van der Waals surface area contributed by atoms with Gasteiger partial charge >= 0.3 is 5.97 Å². The Kier molecular flexibility index (Phi) is 7.12. The highest BCUT2D eigenvalue weighted by molar-refractivity contribution is 14.1. The summed E-state index contributed by atoms with van der Waals surface area (Å²) in [7, 11) is 2.51. The summed E-state index contributed by atoms with van der Waals surface area (Å²) in [6, 6.07) is 1.89. The lowest BCUT2D eigenvalue weighted by Gasteiger charge is -2.36. The Labute approximate surface area is 159 Å². The monoisotopic (exact) mass is 466 g/mol. The van der Waals surface area contributed by atoms with Crippen molar-refractivity contribution in [2.75, 3.05) is 21.3 Å². The first-order valence-electron chi connectivity index (χ1n) is 7.65. The normalized spacial score (nSPS) is 12.0. The van der Waals surface area contributed by atoms with Crippen LogP contribution in [0.4, 0.5) is 0 Å². The highest BCUT2D eigenvalue weighted by atomic mass is 127. The molecule has 0 unspecified atom stereocenters. The van der Waals surface area contributed by atoms with Gasteiger partial charge in [0, 0.05) is 9.13 Å². The maximum atomic E-state index is 12.1. The lowest BCUT2D eigenvalue weighted by Crippen LogP contribution is -2.40. The van der Waals surface area contributed by atoms with Crippen LogP contribution < -0.4 is 9.47 Å². The van der Waals surface area contributed by atoms with Crippen LogP contribution in [0.5, 0.6) is 11.5 Å². The summed E-state index contributed by atoms with van der Waals surface area (Å²) in [4.78, 5) is 12.1. The first kappa shape index (κ1) is 21.2. The van der Waals surface area contributed by atoms with E-state index in [1.165, 1.54) is 14.2 Å². The topological polar surface area (TPSA) is 54.0 Å². The number of carbonyl (C=O) groups excluding carboxylic acids is 1. The molecular weight excluding hydrogens is 439 g/mol. The van der Waals surface area contributed by atoms with Crippen LogP contribution in [-0.2, 0) is 15.8 Å². The van der Waals surface area contributed by atoms with Crippen LogP contribution in [0.25, 0.3) is 0 Å². The fourth-order valence-corrected chi connectivity index (χ4v) is 3.74. The van der Waals surface area contributed by atoms with Crippen molar-refractivity contribution >= 4 is 36.9 Å². The third-order valence-electron chi connectivity index (χ3n) is 4.46. The molecule has 0 aliphatic carbocycles. The van der Waals surface area contributed by atoms with Crippen molar-refractivity contribution in [1.29, 1.82) is 0 Å². The minimum atomic E-state index is -1.90. The molecule has 0 atom stereocenters. The van der Waals surface area contributed by atoms with Gasteiger partial charge in [0.25, 0.3) is 0 Å². The molecule has 1 aromatic carbocycles.